The van der Waals surface area contributed by atoms with Gasteiger partial charge in [-0.05, 0) is 23.8 Å². The Morgan fingerprint density at radius 2 is 1.89 bits per heavy atom. The largest absolute Gasteiger partial charge is 0.496 e. The monoisotopic (exact) mass is 363 g/mol. The topological polar surface area (TPSA) is 61.5 Å². The maximum Gasteiger partial charge on any atom is 0.141 e. The SMILES string of the molecule is COc1cc(OC)c2cc(CNCc3ccc(-n4ccnc4)cc3)oc2c1. The number of imidazole rings is 1. The van der Waals surface area contributed by atoms with Gasteiger partial charge in [-0.3, -0.25) is 0 Å². The highest BCUT2D eigenvalue weighted by Crippen LogP contribution is 2.33. The summed E-state index contributed by atoms with van der Waals surface area (Å²) in [5.74, 6) is 2.31. The maximum absolute atomic E-state index is 5.93. The summed E-state index contributed by atoms with van der Waals surface area (Å²) in [6.45, 7) is 1.38. The van der Waals surface area contributed by atoms with Crippen LogP contribution in [0.3, 0.4) is 0 Å². The molecule has 6 nitrogen and oxygen atoms in total. The molecule has 2 aromatic carbocycles. The van der Waals surface area contributed by atoms with E-state index in [9.17, 15) is 0 Å². The molecule has 0 unspecified atom stereocenters. The van der Waals surface area contributed by atoms with Crippen LogP contribution in [0, 0.1) is 0 Å². The zero-order valence-electron chi connectivity index (χ0n) is 15.3. The Labute approximate surface area is 157 Å². The van der Waals surface area contributed by atoms with Gasteiger partial charge in [0.05, 0.1) is 32.5 Å². The predicted octanol–water partition coefficient (Wildman–Crippen LogP) is 3.93. The predicted molar refractivity (Wildman–Crippen MR) is 103 cm³/mol. The Hall–Kier alpha value is -3.25. The van der Waals surface area contributed by atoms with E-state index in [2.05, 4.69) is 34.6 Å². The van der Waals surface area contributed by atoms with E-state index in [1.807, 2.05) is 29.0 Å². The molecule has 2 heterocycles. The van der Waals surface area contributed by atoms with Crippen LogP contribution in [0.2, 0.25) is 0 Å². The third kappa shape index (κ3) is 3.66. The molecule has 0 aliphatic rings. The fourth-order valence-corrected chi connectivity index (χ4v) is 3.04. The maximum atomic E-state index is 5.93. The quantitative estimate of drug-likeness (QED) is 0.539. The first-order chi connectivity index (χ1) is 13.3. The fraction of sp³-hybridized carbons (Fsp3) is 0.190. The summed E-state index contributed by atoms with van der Waals surface area (Å²) in [5, 5.41) is 4.36. The highest BCUT2D eigenvalue weighted by Gasteiger charge is 2.11. The first-order valence-corrected chi connectivity index (χ1v) is 8.69. The standard InChI is InChI=1S/C21H21N3O3/c1-25-17-10-20(26-2)19-9-18(27-21(19)11-17)13-23-12-15-3-5-16(6-4-15)24-8-7-22-14-24/h3-11,14,23H,12-13H2,1-2H3. The molecule has 4 aromatic rings. The molecule has 0 bridgehead atoms. The molecular weight excluding hydrogens is 342 g/mol. The van der Waals surface area contributed by atoms with Crippen LogP contribution in [0.25, 0.3) is 16.7 Å². The van der Waals surface area contributed by atoms with Crippen molar-refractivity contribution in [3.05, 3.63) is 72.5 Å². The van der Waals surface area contributed by atoms with Gasteiger partial charge in [-0.1, -0.05) is 12.1 Å². The second kappa shape index (κ2) is 7.55. The Bertz CT molecular complexity index is 1020. The van der Waals surface area contributed by atoms with Crippen LogP contribution < -0.4 is 14.8 Å². The summed E-state index contributed by atoms with van der Waals surface area (Å²) >= 11 is 0. The van der Waals surface area contributed by atoms with Crippen molar-refractivity contribution >= 4 is 11.0 Å². The lowest BCUT2D eigenvalue weighted by atomic mass is 10.2. The van der Waals surface area contributed by atoms with Crippen molar-refractivity contribution in [2.75, 3.05) is 14.2 Å². The number of ether oxygens (including phenoxy) is 2. The van der Waals surface area contributed by atoms with Crippen LogP contribution in [-0.4, -0.2) is 23.8 Å². The van der Waals surface area contributed by atoms with Crippen molar-refractivity contribution in [2.45, 2.75) is 13.1 Å². The molecule has 0 radical (unpaired) electrons. The Morgan fingerprint density at radius 3 is 2.59 bits per heavy atom. The number of hydrogen-bond acceptors (Lipinski definition) is 5. The Balaban J connectivity index is 1.41. The van der Waals surface area contributed by atoms with Gasteiger partial charge in [0, 0.05) is 36.8 Å². The van der Waals surface area contributed by atoms with E-state index >= 15 is 0 Å². The molecule has 0 spiro atoms. The van der Waals surface area contributed by atoms with Gasteiger partial charge >= 0.3 is 0 Å². The van der Waals surface area contributed by atoms with E-state index < -0.39 is 0 Å². The van der Waals surface area contributed by atoms with Crippen LogP contribution in [0.1, 0.15) is 11.3 Å². The Kier molecular flexibility index (Phi) is 4.80. The highest BCUT2D eigenvalue weighted by molar-refractivity contribution is 5.86. The highest BCUT2D eigenvalue weighted by atomic mass is 16.5. The summed E-state index contributed by atoms with van der Waals surface area (Å²) in [4.78, 5) is 4.07. The summed E-state index contributed by atoms with van der Waals surface area (Å²) in [5.41, 5.74) is 3.05. The average Bonchev–Trinajstić information content (AvgIpc) is 3.37. The van der Waals surface area contributed by atoms with Crippen molar-refractivity contribution in [3.8, 4) is 17.2 Å². The lowest BCUT2D eigenvalue weighted by Gasteiger charge is -2.05. The van der Waals surface area contributed by atoms with Crippen LogP contribution >= 0.6 is 0 Å². The normalized spacial score (nSPS) is 11.0. The Morgan fingerprint density at radius 1 is 1.04 bits per heavy atom. The van der Waals surface area contributed by atoms with Crippen LogP contribution in [-0.2, 0) is 13.1 Å². The zero-order chi connectivity index (χ0) is 18.6. The van der Waals surface area contributed by atoms with Crippen molar-refractivity contribution in [2.24, 2.45) is 0 Å². The van der Waals surface area contributed by atoms with Gasteiger partial charge in [-0.2, -0.15) is 0 Å². The summed E-state index contributed by atoms with van der Waals surface area (Å²) in [6, 6.07) is 14.1. The van der Waals surface area contributed by atoms with Gasteiger partial charge in [0.25, 0.3) is 0 Å². The lowest BCUT2D eigenvalue weighted by molar-refractivity contribution is 0.397. The first kappa shape index (κ1) is 17.2. The molecular formula is C21H21N3O3. The van der Waals surface area contributed by atoms with E-state index in [1.165, 1.54) is 5.56 Å². The molecule has 138 valence electrons. The molecule has 0 fully saturated rings. The minimum absolute atomic E-state index is 0.628. The van der Waals surface area contributed by atoms with E-state index in [-0.39, 0.29) is 0 Å². The van der Waals surface area contributed by atoms with E-state index in [4.69, 9.17) is 13.9 Å². The van der Waals surface area contributed by atoms with E-state index in [1.54, 1.807) is 26.7 Å². The summed E-state index contributed by atoms with van der Waals surface area (Å²) in [7, 11) is 3.27. The van der Waals surface area contributed by atoms with Gasteiger partial charge in [-0.25, -0.2) is 4.98 Å². The molecule has 0 saturated heterocycles. The number of methoxy groups -OCH3 is 2. The van der Waals surface area contributed by atoms with Crippen LogP contribution in [0.4, 0.5) is 0 Å². The molecule has 6 heteroatoms. The van der Waals surface area contributed by atoms with Crippen LogP contribution in [0.5, 0.6) is 11.5 Å². The van der Waals surface area contributed by atoms with Gasteiger partial charge < -0.3 is 23.8 Å². The average molecular weight is 363 g/mol. The molecule has 27 heavy (non-hydrogen) atoms. The molecule has 0 amide bonds. The summed E-state index contributed by atoms with van der Waals surface area (Å²) < 4.78 is 18.6. The minimum atomic E-state index is 0.628. The van der Waals surface area contributed by atoms with Gasteiger partial charge in [0.2, 0.25) is 0 Å². The van der Waals surface area contributed by atoms with Crippen LogP contribution in [0.15, 0.2) is 65.6 Å². The second-order valence-electron chi connectivity index (χ2n) is 6.19. The third-order valence-electron chi connectivity index (χ3n) is 4.45. The molecule has 2 aromatic heterocycles. The summed E-state index contributed by atoms with van der Waals surface area (Å²) in [6.07, 6.45) is 5.49. The first-order valence-electron chi connectivity index (χ1n) is 8.69. The number of nitrogens with one attached hydrogen (secondary N) is 1. The number of fused-ring (bicyclic) bond motifs is 1. The number of furan rings is 1. The molecule has 1 N–H and O–H groups in total. The van der Waals surface area contributed by atoms with Crippen molar-refractivity contribution in [3.63, 3.8) is 0 Å². The van der Waals surface area contributed by atoms with Gasteiger partial charge in [-0.15, -0.1) is 0 Å². The van der Waals surface area contributed by atoms with Crippen molar-refractivity contribution in [1.29, 1.82) is 0 Å². The van der Waals surface area contributed by atoms with E-state index in [0.29, 0.717) is 12.3 Å². The molecule has 0 saturated carbocycles. The lowest BCUT2D eigenvalue weighted by Crippen LogP contribution is -2.12. The van der Waals surface area contributed by atoms with E-state index in [0.717, 1.165) is 34.7 Å². The second-order valence-corrected chi connectivity index (χ2v) is 6.19. The van der Waals surface area contributed by atoms with Gasteiger partial charge in [0.15, 0.2) is 0 Å². The van der Waals surface area contributed by atoms with Crippen molar-refractivity contribution < 1.29 is 13.9 Å². The number of benzene rings is 2. The molecule has 0 atom stereocenters. The van der Waals surface area contributed by atoms with Crippen molar-refractivity contribution in [1.82, 2.24) is 14.9 Å². The molecule has 0 aliphatic heterocycles. The minimum Gasteiger partial charge on any atom is -0.496 e. The molecule has 4 rings (SSSR count). The number of hydrogen-bond donors (Lipinski definition) is 1. The number of nitrogens with zero attached hydrogens (tertiary/aromatic N) is 2. The molecule has 0 aliphatic carbocycles. The van der Waals surface area contributed by atoms with Gasteiger partial charge in [0.1, 0.15) is 22.8 Å². The smallest absolute Gasteiger partial charge is 0.141 e. The third-order valence-corrected chi connectivity index (χ3v) is 4.45. The fourth-order valence-electron chi connectivity index (χ4n) is 3.04. The number of rotatable bonds is 7. The zero-order valence-corrected chi connectivity index (χ0v) is 15.3. The number of aromatic nitrogens is 2.